The maximum absolute atomic E-state index is 12.3. The number of amides is 1. The first-order valence-corrected chi connectivity index (χ1v) is 9.25. The van der Waals surface area contributed by atoms with Gasteiger partial charge in [-0.1, -0.05) is 23.5 Å². The van der Waals surface area contributed by atoms with Crippen LogP contribution in [0.3, 0.4) is 0 Å². The molecule has 0 bridgehead atoms. The fraction of sp³-hybridized carbons (Fsp3) is 0.385. The Balaban J connectivity index is 1.79. The van der Waals surface area contributed by atoms with Crippen molar-refractivity contribution in [1.82, 2.24) is 9.29 Å². The summed E-state index contributed by atoms with van der Waals surface area (Å²) in [6, 6.07) is 6.97. The Kier molecular flexibility index (Phi) is 3.68. The maximum atomic E-state index is 12.3. The second-order valence-electron chi connectivity index (χ2n) is 5.01. The van der Waals surface area contributed by atoms with Crippen molar-refractivity contribution in [3.8, 4) is 0 Å². The lowest BCUT2D eigenvalue weighted by Gasteiger charge is -2.20. The first kappa shape index (κ1) is 14.4. The number of hydrogen-bond donors (Lipinski definition) is 1. The summed E-state index contributed by atoms with van der Waals surface area (Å²) >= 11 is 1.38. The number of rotatable bonds is 3. The molecule has 112 valence electrons. The van der Waals surface area contributed by atoms with E-state index in [2.05, 4.69) is 10.3 Å². The van der Waals surface area contributed by atoms with Crippen molar-refractivity contribution in [3.63, 3.8) is 0 Å². The summed E-state index contributed by atoms with van der Waals surface area (Å²) in [5, 5.41) is 3.24. The monoisotopic (exact) mass is 325 g/mol. The Morgan fingerprint density at radius 3 is 2.90 bits per heavy atom. The lowest BCUT2D eigenvalue weighted by atomic mass is 10.2. The Morgan fingerprint density at radius 1 is 1.43 bits per heavy atom. The number of carbonyl (C=O) groups excluding carboxylic acids is 1. The van der Waals surface area contributed by atoms with Gasteiger partial charge in [0.2, 0.25) is 15.9 Å². The Morgan fingerprint density at radius 2 is 2.19 bits per heavy atom. The zero-order valence-corrected chi connectivity index (χ0v) is 13.1. The van der Waals surface area contributed by atoms with E-state index in [1.807, 2.05) is 24.3 Å². The van der Waals surface area contributed by atoms with Crippen LogP contribution in [0, 0.1) is 0 Å². The van der Waals surface area contributed by atoms with Gasteiger partial charge in [-0.15, -0.1) is 0 Å². The highest BCUT2D eigenvalue weighted by Crippen LogP contribution is 2.27. The summed E-state index contributed by atoms with van der Waals surface area (Å²) in [6.45, 7) is 0.400. The smallest absolute Gasteiger partial charge is 0.244 e. The van der Waals surface area contributed by atoms with Crippen molar-refractivity contribution < 1.29 is 13.2 Å². The topological polar surface area (TPSA) is 79.4 Å². The summed E-state index contributed by atoms with van der Waals surface area (Å²) in [6.07, 6.45) is 2.38. The van der Waals surface area contributed by atoms with Crippen LogP contribution in [-0.4, -0.2) is 42.5 Å². The zero-order chi connectivity index (χ0) is 15.0. The molecule has 1 atom stereocenters. The molecule has 1 N–H and O–H groups in total. The molecule has 1 unspecified atom stereocenters. The zero-order valence-electron chi connectivity index (χ0n) is 11.4. The lowest BCUT2D eigenvalue weighted by molar-refractivity contribution is -0.119. The number of hydrogen-bond acceptors (Lipinski definition) is 5. The van der Waals surface area contributed by atoms with Gasteiger partial charge in [0, 0.05) is 6.54 Å². The van der Waals surface area contributed by atoms with Crippen LogP contribution in [0.15, 0.2) is 24.3 Å². The number of carbonyl (C=O) groups is 1. The molecule has 0 spiro atoms. The summed E-state index contributed by atoms with van der Waals surface area (Å²) < 4.78 is 25.6. The standard InChI is InChI=1S/C13H15N3O3S2/c1-21(18,19)16-8-4-6-10(16)12(17)15-13-14-9-5-2-3-7-11(9)20-13/h2-3,5,7,10H,4,6,8H2,1H3,(H,14,15,17). The van der Waals surface area contributed by atoms with E-state index in [1.54, 1.807) is 0 Å². The van der Waals surface area contributed by atoms with E-state index in [1.165, 1.54) is 15.6 Å². The highest BCUT2D eigenvalue weighted by atomic mass is 32.2. The third kappa shape index (κ3) is 2.92. The third-order valence-electron chi connectivity index (χ3n) is 3.46. The van der Waals surface area contributed by atoms with E-state index in [0.717, 1.165) is 16.5 Å². The number of anilines is 1. The molecule has 1 amide bonds. The van der Waals surface area contributed by atoms with E-state index >= 15 is 0 Å². The molecule has 1 aliphatic heterocycles. The number of aromatic nitrogens is 1. The summed E-state index contributed by atoms with van der Waals surface area (Å²) in [5.74, 6) is -0.308. The number of thiazole rings is 1. The fourth-order valence-electron chi connectivity index (χ4n) is 2.51. The molecule has 0 saturated carbocycles. The molecule has 2 heterocycles. The second-order valence-corrected chi connectivity index (χ2v) is 7.97. The number of sulfonamides is 1. The fourth-order valence-corrected chi connectivity index (χ4v) is 4.51. The van der Waals surface area contributed by atoms with Crippen LogP contribution in [0.2, 0.25) is 0 Å². The largest absolute Gasteiger partial charge is 0.301 e. The van der Waals surface area contributed by atoms with Gasteiger partial charge >= 0.3 is 0 Å². The molecule has 0 radical (unpaired) electrons. The highest BCUT2D eigenvalue weighted by Gasteiger charge is 2.36. The van der Waals surface area contributed by atoms with Gasteiger partial charge in [0.1, 0.15) is 6.04 Å². The van der Waals surface area contributed by atoms with Crippen LogP contribution in [0.5, 0.6) is 0 Å². The summed E-state index contributed by atoms with van der Waals surface area (Å²) in [7, 11) is -3.36. The summed E-state index contributed by atoms with van der Waals surface area (Å²) in [4.78, 5) is 16.6. The van der Waals surface area contributed by atoms with Gasteiger partial charge in [0.25, 0.3) is 0 Å². The van der Waals surface area contributed by atoms with E-state index in [0.29, 0.717) is 24.5 Å². The molecule has 1 aromatic carbocycles. The van der Waals surface area contributed by atoms with Crippen LogP contribution < -0.4 is 5.32 Å². The first-order chi connectivity index (χ1) is 9.95. The predicted octanol–water partition coefficient (Wildman–Crippen LogP) is 1.66. The van der Waals surface area contributed by atoms with E-state index in [9.17, 15) is 13.2 Å². The average Bonchev–Trinajstić information content (AvgIpc) is 3.03. The molecular weight excluding hydrogens is 310 g/mol. The van der Waals surface area contributed by atoms with Crippen molar-refractivity contribution in [2.75, 3.05) is 18.1 Å². The molecule has 1 aliphatic rings. The number of benzene rings is 1. The van der Waals surface area contributed by atoms with Gasteiger partial charge in [-0.05, 0) is 25.0 Å². The quantitative estimate of drug-likeness (QED) is 0.931. The van der Waals surface area contributed by atoms with Crippen molar-refractivity contribution in [3.05, 3.63) is 24.3 Å². The minimum atomic E-state index is -3.36. The number of nitrogens with one attached hydrogen (secondary N) is 1. The SMILES string of the molecule is CS(=O)(=O)N1CCCC1C(=O)Nc1nc2ccccc2s1. The molecule has 1 fully saturated rings. The highest BCUT2D eigenvalue weighted by molar-refractivity contribution is 7.88. The van der Waals surface area contributed by atoms with Gasteiger partial charge in [-0.2, -0.15) is 4.31 Å². The van der Waals surface area contributed by atoms with E-state index in [-0.39, 0.29) is 5.91 Å². The molecule has 8 heteroatoms. The van der Waals surface area contributed by atoms with E-state index in [4.69, 9.17) is 0 Å². The minimum Gasteiger partial charge on any atom is -0.301 e. The van der Waals surface area contributed by atoms with Gasteiger partial charge in [0.15, 0.2) is 5.13 Å². The normalized spacial score (nSPS) is 20.0. The molecule has 0 aliphatic carbocycles. The van der Waals surface area contributed by atoms with Gasteiger partial charge in [-0.25, -0.2) is 13.4 Å². The molecule has 1 aromatic heterocycles. The number of fused-ring (bicyclic) bond motifs is 1. The summed E-state index contributed by atoms with van der Waals surface area (Å²) in [5.41, 5.74) is 0.823. The third-order valence-corrected chi connectivity index (χ3v) is 5.70. The molecule has 21 heavy (non-hydrogen) atoms. The van der Waals surface area contributed by atoms with Crippen LogP contribution in [0.1, 0.15) is 12.8 Å². The van der Waals surface area contributed by atoms with Crippen LogP contribution in [-0.2, 0) is 14.8 Å². The molecule has 3 rings (SSSR count). The Bertz CT molecular complexity index is 752. The average molecular weight is 325 g/mol. The molecule has 2 aromatic rings. The molecule has 6 nitrogen and oxygen atoms in total. The van der Waals surface area contributed by atoms with Crippen LogP contribution in [0.25, 0.3) is 10.2 Å². The lowest BCUT2D eigenvalue weighted by Crippen LogP contribution is -2.42. The predicted molar refractivity (Wildman–Crippen MR) is 82.8 cm³/mol. The van der Waals surface area contributed by atoms with Crippen molar-refractivity contribution in [2.45, 2.75) is 18.9 Å². The maximum Gasteiger partial charge on any atom is 0.244 e. The van der Waals surface area contributed by atoms with Crippen LogP contribution >= 0.6 is 11.3 Å². The number of para-hydroxylation sites is 1. The molecule has 1 saturated heterocycles. The first-order valence-electron chi connectivity index (χ1n) is 6.58. The Labute approximate surface area is 126 Å². The van der Waals surface area contributed by atoms with Crippen molar-refractivity contribution in [1.29, 1.82) is 0 Å². The van der Waals surface area contributed by atoms with Gasteiger partial charge in [-0.3, -0.25) is 4.79 Å². The second kappa shape index (κ2) is 5.36. The Hall–Kier alpha value is -1.51. The van der Waals surface area contributed by atoms with Crippen molar-refractivity contribution >= 4 is 42.6 Å². The van der Waals surface area contributed by atoms with Gasteiger partial charge < -0.3 is 5.32 Å². The minimum absolute atomic E-state index is 0.308. The van der Waals surface area contributed by atoms with E-state index < -0.39 is 16.1 Å². The van der Waals surface area contributed by atoms with Gasteiger partial charge in [0.05, 0.1) is 16.5 Å². The number of nitrogens with zero attached hydrogens (tertiary/aromatic N) is 2. The molecular formula is C13H15N3O3S2. The van der Waals surface area contributed by atoms with Crippen LogP contribution in [0.4, 0.5) is 5.13 Å². The van der Waals surface area contributed by atoms with Crippen molar-refractivity contribution in [2.24, 2.45) is 0 Å².